The molecule has 5 amide bonds. The average molecular weight is 276 g/mol. The van der Waals surface area contributed by atoms with Gasteiger partial charge in [-0.3, -0.25) is 25.0 Å². The highest BCUT2D eigenvalue weighted by Gasteiger charge is 2.44. The van der Waals surface area contributed by atoms with Gasteiger partial charge in [0.25, 0.3) is 5.91 Å². The minimum atomic E-state index is -1.21. The van der Waals surface area contributed by atoms with Crippen molar-refractivity contribution in [3.05, 3.63) is 0 Å². The molecule has 1 atom stereocenters. The van der Waals surface area contributed by atoms with E-state index in [1.807, 2.05) is 5.32 Å². The van der Waals surface area contributed by atoms with Gasteiger partial charge in [0.05, 0.1) is 0 Å². The van der Waals surface area contributed by atoms with Gasteiger partial charge in [0, 0.05) is 0 Å². The minimum absolute atomic E-state index is 0.297. The first-order valence-electron chi connectivity index (χ1n) is 5.27. The lowest BCUT2D eigenvalue weighted by atomic mass is 9.99. The largest absolute Gasteiger partial charge is 0.325 e. The second-order valence-corrected chi connectivity index (χ2v) is 5.09. The summed E-state index contributed by atoms with van der Waals surface area (Å²) in [6.45, 7) is 4.06. The van der Waals surface area contributed by atoms with E-state index >= 15 is 0 Å². The molecule has 0 spiro atoms. The van der Waals surface area contributed by atoms with Gasteiger partial charge in [0.2, 0.25) is 11.8 Å². The van der Waals surface area contributed by atoms with Crippen molar-refractivity contribution < 1.29 is 19.2 Å². The molecule has 0 aromatic heterocycles. The standard InChI is InChI=1S/C10H14ClN3O4/c1-5(11)7(16)13-9(18)14-4-6(15)12-8(17)10(14,2)3/h5H,4H2,1-3H3,(H,12,15,17)(H,13,16,18). The maximum absolute atomic E-state index is 11.8. The SMILES string of the molecule is CC(Cl)C(=O)NC(=O)N1CC(=O)NC(=O)C1(C)C. The quantitative estimate of drug-likeness (QED) is 0.502. The van der Waals surface area contributed by atoms with Crippen molar-refractivity contribution in [2.45, 2.75) is 31.7 Å². The number of halogens is 1. The zero-order valence-electron chi connectivity index (χ0n) is 10.2. The molecular formula is C10H14ClN3O4. The molecule has 0 saturated carbocycles. The Bertz CT molecular complexity index is 419. The smallest absolute Gasteiger partial charge is 0.301 e. The number of rotatable bonds is 1. The van der Waals surface area contributed by atoms with Crippen LogP contribution in [0.1, 0.15) is 20.8 Å². The van der Waals surface area contributed by atoms with Crippen molar-refractivity contribution in [3.63, 3.8) is 0 Å². The van der Waals surface area contributed by atoms with Crippen LogP contribution in [-0.4, -0.2) is 46.1 Å². The van der Waals surface area contributed by atoms with E-state index < -0.39 is 34.7 Å². The molecule has 100 valence electrons. The number of amides is 5. The van der Waals surface area contributed by atoms with Gasteiger partial charge in [0.15, 0.2) is 0 Å². The number of imide groups is 2. The number of hydrogen-bond acceptors (Lipinski definition) is 4. The van der Waals surface area contributed by atoms with Crippen LogP contribution in [0.5, 0.6) is 0 Å². The van der Waals surface area contributed by atoms with Crippen LogP contribution in [0.15, 0.2) is 0 Å². The molecule has 1 fully saturated rings. The molecule has 1 aliphatic heterocycles. The first kappa shape index (κ1) is 14.4. The summed E-state index contributed by atoms with van der Waals surface area (Å²) in [4.78, 5) is 46.9. The molecule has 1 rings (SSSR count). The van der Waals surface area contributed by atoms with Crippen molar-refractivity contribution in [1.82, 2.24) is 15.5 Å². The van der Waals surface area contributed by atoms with E-state index in [9.17, 15) is 19.2 Å². The summed E-state index contributed by atoms with van der Waals surface area (Å²) >= 11 is 5.51. The Morgan fingerprint density at radius 2 is 2.00 bits per heavy atom. The lowest BCUT2D eigenvalue weighted by Gasteiger charge is -2.39. The minimum Gasteiger partial charge on any atom is -0.301 e. The van der Waals surface area contributed by atoms with E-state index in [1.54, 1.807) is 0 Å². The second-order valence-electron chi connectivity index (χ2n) is 4.43. The number of carbonyl (C=O) groups is 4. The summed E-state index contributed by atoms with van der Waals surface area (Å²) in [5, 5.41) is 3.27. The maximum Gasteiger partial charge on any atom is 0.325 e. The Labute approximate surface area is 109 Å². The molecule has 1 unspecified atom stereocenters. The molecule has 7 nitrogen and oxygen atoms in total. The Balaban J connectivity index is 2.86. The van der Waals surface area contributed by atoms with E-state index in [1.165, 1.54) is 20.8 Å². The Hall–Kier alpha value is -1.63. The predicted molar refractivity (Wildman–Crippen MR) is 62.8 cm³/mol. The van der Waals surface area contributed by atoms with Gasteiger partial charge in [-0.2, -0.15) is 0 Å². The topological polar surface area (TPSA) is 95.6 Å². The monoisotopic (exact) mass is 275 g/mol. The second kappa shape index (κ2) is 4.93. The van der Waals surface area contributed by atoms with Crippen molar-refractivity contribution in [2.75, 3.05) is 6.54 Å². The van der Waals surface area contributed by atoms with Crippen LogP contribution in [0.2, 0.25) is 0 Å². The highest BCUT2D eigenvalue weighted by Crippen LogP contribution is 2.18. The van der Waals surface area contributed by atoms with Crippen LogP contribution in [0, 0.1) is 0 Å². The van der Waals surface area contributed by atoms with Crippen LogP contribution in [0.4, 0.5) is 4.79 Å². The third-order valence-corrected chi connectivity index (χ3v) is 2.82. The maximum atomic E-state index is 11.8. The molecule has 1 saturated heterocycles. The Morgan fingerprint density at radius 1 is 1.44 bits per heavy atom. The number of piperazine rings is 1. The molecule has 1 aliphatic rings. The lowest BCUT2D eigenvalue weighted by molar-refractivity contribution is -0.143. The first-order valence-corrected chi connectivity index (χ1v) is 5.70. The fraction of sp³-hybridized carbons (Fsp3) is 0.600. The van der Waals surface area contributed by atoms with Gasteiger partial charge in [0.1, 0.15) is 17.5 Å². The van der Waals surface area contributed by atoms with Gasteiger partial charge in [-0.05, 0) is 20.8 Å². The summed E-state index contributed by atoms with van der Waals surface area (Å²) in [6, 6.07) is -0.819. The van der Waals surface area contributed by atoms with Crippen LogP contribution < -0.4 is 10.6 Å². The van der Waals surface area contributed by atoms with Gasteiger partial charge in [-0.1, -0.05) is 0 Å². The van der Waals surface area contributed by atoms with Crippen LogP contribution in [0.25, 0.3) is 0 Å². The highest BCUT2D eigenvalue weighted by molar-refractivity contribution is 6.31. The number of alkyl halides is 1. The Morgan fingerprint density at radius 3 is 2.50 bits per heavy atom. The molecule has 0 aromatic carbocycles. The van der Waals surface area contributed by atoms with Gasteiger partial charge in [-0.25, -0.2) is 4.79 Å². The van der Waals surface area contributed by atoms with Crippen molar-refractivity contribution in [1.29, 1.82) is 0 Å². The van der Waals surface area contributed by atoms with Crippen LogP contribution in [-0.2, 0) is 14.4 Å². The molecule has 0 aromatic rings. The number of nitrogens with zero attached hydrogens (tertiary/aromatic N) is 1. The fourth-order valence-corrected chi connectivity index (χ4v) is 1.44. The average Bonchev–Trinajstić information content (AvgIpc) is 2.23. The number of carbonyl (C=O) groups excluding carboxylic acids is 4. The molecule has 1 heterocycles. The lowest BCUT2D eigenvalue weighted by Crippen LogP contribution is -2.67. The molecule has 0 bridgehead atoms. The number of urea groups is 1. The summed E-state index contributed by atoms with van der Waals surface area (Å²) in [7, 11) is 0. The van der Waals surface area contributed by atoms with Crippen LogP contribution >= 0.6 is 11.6 Å². The molecule has 2 N–H and O–H groups in total. The van der Waals surface area contributed by atoms with Crippen LogP contribution in [0.3, 0.4) is 0 Å². The summed E-state index contributed by atoms with van der Waals surface area (Å²) in [5.41, 5.74) is -1.21. The summed E-state index contributed by atoms with van der Waals surface area (Å²) in [6.07, 6.45) is 0. The van der Waals surface area contributed by atoms with E-state index in [0.29, 0.717) is 0 Å². The van der Waals surface area contributed by atoms with Crippen molar-refractivity contribution in [2.24, 2.45) is 0 Å². The molecular weight excluding hydrogens is 262 g/mol. The summed E-state index contributed by atoms with van der Waals surface area (Å²) < 4.78 is 0. The molecule has 8 heteroatoms. The van der Waals surface area contributed by atoms with E-state index in [4.69, 9.17) is 11.6 Å². The van der Waals surface area contributed by atoms with E-state index in [2.05, 4.69) is 5.32 Å². The van der Waals surface area contributed by atoms with E-state index in [-0.39, 0.29) is 6.54 Å². The van der Waals surface area contributed by atoms with Gasteiger partial charge >= 0.3 is 6.03 Å². The highest BCUT2D eigenvalue weighted by atomic mass is 35.5. The number of hydrogen-bond donors (Lipinski definition) is 2. The molecule has 0 aliphatic carbocycles. The Kier molecular flexibility index (Phi) is 3.95. The van der Waals surface area contributed by atoms with Crippen molar-refractivity contribution in [3.8, 4) is 0 Å². The van der Waals surface area contributed by atoms with Crippen molar-refractivity contribution >= 4 is 35.4 Å². The third kappa shape index (κ3) is 2.79. The van der Waals surface area contributed by atoms with Gasteiger partial charge in [-0.15, -0.1) is 11.6 Å². The van der Waals surface area contributed by atoms with E-state index in [0.717, 1.165) is 4.90 Å². The number of nitrogens with one attached hydrogen (secondary N) is 2. The normalized spacial score (nSPS) is 20.1. The molecule has 18 heavy (non-hydrogen) atoms. The van der Waals surface area contributed by atoms with Gasteiger partial charge < -0.3 is 4.90 Å². The zero-order valence-corrected chi connectivity index (χ0v) is 11.0. The fourth-order valence-electron chi connectivity index (χ4n) is 1.38. The third-order valence-electron chi connectivity index (χ3n) is 2.62. The zero-order chi connectivity index (χ0) is 14.1. The molecule has 0 radical (unpaired) electrons. The summed E-state index contributed by atoms with van der Waals surface area (Å²) in [5.74, 6) is -1.88. The first-order chi connectivity index (χ1) is 8.16. The predicted octanol–water partition coefficient (Wildman–Crippen LogP) is -0.413.